The average Bonchev–Trinajstić information content (AvgIpc) is 3.45. The van der Waals surface area contributed by atoms with E-state index in [0.717, 1.165) is 54.1 Å². The van der Waals surface area contributed by atoms with Gasteiger partial charge in [0.05, 0.1) is 0 Å². The SMILES string of the molecule is CC(C)(C)OC(=O)NCCc1c[nH]c2ccc(OC(=O)CCCCCCCCCCCCCCCCC(=O)OCc3ccccc3)cc12. The Labute approximate surface area is 287 Å². The van der Waals surface area contributed by atoms with Crippen molar-refractivity contribution >= 4 is 28.9 Å². The van der Waals surface area contributed by atoms with Crippen LogP contribution in [0.15, 0.2) is 54.7 Å². The highest BCUT2D eigenvalue weighted by Gasteiger charge is 2.16. The van der Waals surface area contributed by atoms with Gasteiger partial charge in [-0.3, -0.25) is 9.59 Å². The Hall–Kier alpha value is -3.81. The number of hydrogen-bond donors (Lipinski definition) is 2. The molecule has 2 aromatic carbocycles. The maximum atomic E-state index is 12.5. The fourth-order valence-electron chi connectivity index (χ4n) is 5.69. The summed E-state index contributed by atoms with van der Waals surface area (Å²) in [4.78, 5) is 39.5. The van der Waals surface area contributed by atoms with E-state index in [4.69, 9.17) is 14.2 Å². The van der Waals surface area contributed by atoms with E-state index in [1.54, 1.807) is 0 Å². The molecule has 2 N–H and O–H groups in total. The number of ether oxygens (including phenoxy) is 3. The summed E-state index contributed by atoms with van der Waals surface area (Å²) in [6.07, 6.45) is 19.5. The first-order valence-corrected chi connectivity index (χ1v) is 18.2. The number of amides is 1. The smallest absolute Gasteiger partial charge is 0.407 e. The highest BCUT2D eigenvalue weighted by molar-refractivity contribution is 5.85. The molecule has 0 aliphatic carbocycles. The highest BCUT2D eigenvalue weighted by atomic mass is 16.6. The first kappa shape index (κ1) is 38.6. The molecule has 48 heavy (non-hydrogen) atoms. The Balaban J connectivity index is 1.12. The number of unbranched alkanes of at least 4 members (excludes halogenated alkanes) is 13. The molecule has 8 nitrogen and oxygen atoms in total. The topological polar surface area (TPSA) is 107 Å². The fourth-order valence-corrected chi connectivity index (χ4v) is 5.69. The Bertz CT molecular complexity index is 1360. The van der Waals surface area contributed by atoms with Crippen molar-refractivity contribution in [3.05, 3.63) is 65.9 Å². The summed E-state index contributed by atoms with van der Waals surface area (Å²) in [5.41, 5.74) is 2.51. The standard InChI is InChI=1S/C40H58N2O6/c1-40(2,3)48-39(45)41-28-27-33-30-42-36-26-25-34(29-35(33)36)47-38(44)24-20-15-13-11-9-7-5-4-6-8-10-12-14-19-23-37(43)46-31-32-21-17-16-18-22-32/h16-18,21-22,25-26,29-30,42H,4-15,19-20,23-24,27-28,31H2,1-3H3,(H,41,45). The lowest BCUT2D eigenvalue weighted by atomic mass is 10.0. The second-order valence-electron chi connectivity index (χ2n) is 13.8. The maximum absolute atomic E-state index is 12.5. The van der Waals surface area contributed by atoms with Crippen molar-refractivity contribution < 1.29 is 28.6 Å². The van der Waals surface area contributed by atoms with Gasteiger partial charge < -0.3 is 24.5 Å². The molecular weight excluding hydrogens is 604 g/mol. The number of nitrogens with one attached hydrogen (secondary N) is 2. The van der Waals surface area contributed by atoms with Crippen LogP contribution in [0.4, 0.5) is 4.79 Å². The van der Waals surface area contributed by atoms with Gasteiger partial charge in [0.2, 0.25) is 0 Å². The Morgan fingerprint density at radius 1 is 0.708 bits per heavy atom. The number of alkyl carbamates (subject to hydrolysis) is 1. The van der Waals surface area contributed by atoms with Gasteiger partial charge in [0.15, 0.2) is 0 Å². The molecule has 1 amide bonds. The predicted octanol–water partition coefficient (Wildman–Crippen LogP) is 10.1. The van der Waals surface area contributed by atoms with E-state index in [9.17, 15) is 14.4 Å². The summed E-state index contributed by atoms with van der Waals surface area (Å²) in [5.74, 6) is 0.256. The third-order valence-corrected chi connectivity index (χ3v) is 8.29. The lowest BCUT2D eigenvalue weighted by Crippen LogP contribution is -2.33. The monoisotopic (exact) mass is 662 g/mol. The summed E-state index contributed by atoms with van der Waals surface area (Å²) in [6, 6.07) is 15.4. The van der Waals surface area contributed by atoms with Crippen LogP contribution in [-0.2, 0) is 32.1 Å². The summed E-state index contributed by atoms with van der Waals surface area (Å²) >= 11 is 0. The zero-order valence-electron chi connectivity index (χ0n) is 29.6. The second-order valence-corrected chi connectivity index (χ2v) is 13.8. The number of hydrogen-bond acceptors (Lipinski definition) is 6. The number of aromatic nitrogens is 1. The predicted molar refractivity (Wildman–Crippen MR) is 192 cm³/mol. The molecule has 8 heteroatoms. The normalized spacial score (nSPS) is 11.4. The molecule has 0 atom stereocenters. The summed E-state index contributed by atoms with van der Waals surface area (Å²) in [7, 11) is 0. The van der Waals surface area contributed by atoms with Gasteiger partial charge in [-0.1, -0.05) is 107 Å². The zero-order valence-corrected chi connectivity index (χ0v) is 29.6. The minimum atomic E-state index is -0.530. The van der Waals surface area contributed by atoms with Crippen molar-refractivity contribution in [2.45, 2.75) is 142 Å². The molecule has 0 unspecified atom stereocenters. The largest absolute Gasteiger partial charge is 0.461 e. The number of aromatic amines is 1. The molecule has 0 aliphatic rings. The van der Waals surface area contributed by atoms with E-state index in [1.807, 2.05) is 75.5 Å². The third kappa shape index (κ3) is 16.8. The summed E-state index contributed by atoms with van der Waals surface area (Å²) < 4.78 is 16.3. The van der Waals surface area contributed by atoms with Crippen molar-refractivity contribution in [3.63, 3.8) is 0 Å². The van der Waals surface area contributed by atoms with E-state index in [0.29, 0.717) is 38.2 Å². The maximum Gasteiger partial charge on any atom is 0.407 e. The Kier molecular flexibility index (Phi) is 17.7. The van der Waals surface area contributed by atoms with E-state index >= 15 is 0 Å². The average molecular weight is 663 g/mol. The quantitative estimate of drug-likeness (QED) is 0.0595. The van der Waals surface area contributed by atoms with E-state index in [2.05, 4.69) is 10.3 Å². The molecule has 1 heterocycles. The number of carbonyl (C=O) groups excluding carboxylic acids is 3. The van der Waals surface area contributed by atoms with E-state index < -0.39 is 11.7 Å². The van der Waals surface area contributed by atoms with Crippen molar-refractivity contribution in [2.24, 2.45) is 0 Å². The number of benzene rings is 2. The first-order chi connectivity index (χ1) is 23.2. The molecule has 264 valence electrons. The molecule has 0 saturated carbocycles. The van der Waals surface area contributed by atoms with Crippen LogP contribution in [0.1, 0.15) is 135 Å². The second kappa shape index (κ2) is 21.9. The van der Waals surface area contributed by atoms with Crippen LogP contribution < -0.4 is 10.1 Å². The molecule has 0 fully saturated rings. The molecule has 0 aliphatic heterocycles. The first-order valence-electron chi connectivity index (χ1n) is 18.2. The minimum Gasteiger partial charge on any atom is -0.461 e. The minimum absolute atomic E-state index is 0.0950. The van der Waals surface area contributed by atoms with Crippen molar-refractivity contribution in [1.29, 1.82) is 0 Å². The number of H-pyrrole nitrogens is 1. The molecule has 3 aromatic rings. The van der Waals surface area contributed by atoms with Gasteiger partial charge in [-0.2, -0.15) is 0 Å². The summed E-state index contributed by atoms with van der Waals surface area (Å²) in [6.45, 7) is 6.33. The van der Waals surface area contributed by atoms with E-state index in [1.165, 1.54) is 57.8 Å². The summed E-state index contributed by atoms with van der Waals surface area (Å²) in [5, 5.41) is 3.77. The van der Waals surface area contributed by atoms with Crippen molar-refractivity contribution in [3.8, 4) is 5.75 Å². The number of carbonyl (C=O) groups is 3. The molecule has 0 bridgehead atoms. The van der Waals surface area contributed by atoms with Crippen LogP contribution in [-0.4, -0.2) is 35.2 Å². The molecule has 1 aromatic heterocycles. The van der Waals surface area contributed by atoms with Gasteiger partial charge in [-0.25, -0.2) is 4.79 Å². The third-order valence-electron chi connectivity index (χ3n) is 8.29. The van der Waals surface area contributed by atoms with Crippen LogP contribution in [0.5, 0.6) is 5.75 Å². The number of esters is 2. The van der Waals surface area contributed by atoms with E-state index in [-0.39, 0.29) is 11.9 Å². The van der Waals surface area contributed by atoms with Gasteiger partial charge in [0.1, 0.15) is 18.0 Å². The van der Waals surface area contributed by atoms with Gasteiger partial charge in [-0.15, -0.1) is 0 Å². The van der Waals surface area contributed by atoms with Gasteiger partial charge in [0, 0.05) is 36.5 Å². The van der Waals surface area contributed by atoms with Crippen molar-refractivity contribution in [2.75, 3.05) is 6.54 Å². The van der Waals surface area contributed by atoms with Gasteiger partial charge in [0.25, 0.3) is 0 Å². The van der Waals surface area contributed by atoms with Gasteiger partial charge in [-0.05, 0) is 69.4 Å². The lowest BCUT2D eigenvalue weighted by Gasteiger charge is -2.19. The zero-order chi connectivity index (χ0) is 34.5. The van der Waals surface area contributed by atoms with Gasteiger partial charge >= 0.3 is 18.0 Å². The van der Waals surface area contributed by atoms with Crippen LogP contribution in [0.3, 0.4) is 0 Å². The van der Waals surface area contributed by atoms with Crippen LogP contribution in [0.2, 0.25) is 0 Å². The molecule has 0 spiro atoms. The highest BCUT2D eigenvalue weighted by Crippen LogP contribution is 2.25. The fraction of sp³-hybridized carbons (Fsp3) is 0.575. The Morgan fingerprint density at radius 3 is 1.85 bits per heavy atom. The van der Waals surface area contributed by atoms with Crippen molar-refractivity contribution in [1.82, 2.24) is 10.3 Å². The number of fused-ring (bicyclic) bond motifs is 1. The lowest BCUT2D eigenvalue weighted by molar-refractivity contribution is -0.145. The molecule has 3 rings (SSSR count). The van der Waals surface area contributed by atoms with Crippen LogP contribution in [0, 0.1) is 0 Å². The molecule has 0 radical (unpaired) electrons. The molecule has 0 saturated heterocycles. The van der Waals surface area contributed by atoms with Crippen LogP contribution in [0.25, 0.3) is 10.9 Å². The number of rotatable bonds is 23. The van der Waals surface area contributed by atoms with Crippen LogP contribution >= 0.6 is 0 Å². The Morgan fingerprint density at radius 2 is 1.27 bits per heavy atom. The molecular formula is C40H58N2O6.